The monoisotopic (exact) mass is 266 g/mol. The van der Waals surface area contributed by atoms with Crippen LogP contribution in [0.25, 0.3) is 0 Å². The van der Waals surface area contributed by atoms with Gasteiger partial charge in [-0.1, -0.05) is 33.6 Å². The number of nitrogens with zero attached hydrogens (tertiary/aromatic N) is 1. The lowest BCUT2D eigenvalue weighted by atomic mass is 9.93. The smallest absolute Gasteiger partial charge is 0.246 e. The summed E-state index contributed by atoms with van der Waals surface area (Å²) < 4.78 is 0. The van der Waals surface area contributed by atoms with E-state index in [9.17, 15) is 9.59 Å². The second-order valence-electron chi connectivity index (χ2n) is 6.11. The summed E-state index contributed by atoms with van der Waals surface area (Å²) in [6, 6.07) is -0.553. The average Bonchev–Trinajstić information content (AvgIpc) is 3.20. The van der Waals surface area contributed by atoms with Crippen molar-refractivity contribution in [2.24, 2.45) is 11.8 Å². The quantitative estimate of drug-likeness (QED) is 0.798. The first-order chi connectivity index (χ1) is 9.08. The Balaban J connectivity index is 2.14. The highest BCUT2D eigenvalue weighted by atomic mass is 16.2. The number of hydrogen-bond donors (Lipinski definition) is 1. The molecule has 0 aromatic heterocycles. The van der Waals surface area contributed by atoms with Gasteiger partial charge in [0.05, 0.1) is 0 Å². The van der Waals surface area contributed by atoms with Crippen molar-refractivity contribution in [3.8, 4) is 0 Å². The number of rotatable bonds is 6. The fourth-order valence-corrected chi connectivity index (χ4v) is 2.76. The molecular weight excluding hydrogens is 240 g/mol. The third-order valence-electron chi connectivity index (χ3n) is 4.45. The van der Waals surface area contributed by atoms with Crippen LogP contribution in [0.3, 0.4) is 0 Å². The van der Waals surface area contributed by atoms with Crippen molar-refractivity contribution in [3.63, 3.8) is 0 Å². The van der Waals surface area contributed by atoms with Gasteiger partial charge in [0, 0.05) is 6.54 Å². The molecule has 3 unspecified atom stereocenters. The minimum absolute atomic E-state index is 0.0485. The van der Waals surface area contributed by atoms with Crippen LogP contribution < -0.4 is 5.32 Å². The summed E-state index contributed by atoms with van der Waals surface area (Å²) in [6.45, 7) is 6.95. The predicted molar refractivity (Wildman–Crippen MR) is 74.5 cm³/mol. The molecule has 0 aromatic carbocycles. The van der Waals surface area contributed by atoms with Gasteiger partial charge in [-0.3, -0.25) is 9.59 Å². The van der Waals surface area contributed by atoms with E-state index in [4.69, 9.17) is 0 Å². The lowest BCUT2D eigenvalue weighted by Gasteiger charge is -2.41. The second-order valence-corrected chi connectivity index (χ2v) is 6.11. The largest absolute Gasteiger partial charge is 0.342 e. The normalized spacial score (nSPS) is 29.3. The van der Waals surface area contributed by atoms with E-state index < -0.39 is 0 Å². The third-order valence-corrected chi connectivity index (χ3v) is 4.45. The van der Waals surface area contributed by atoms with E-state index >= 15 is 0 Å². The van der Waals surface area contributed by atoms with Gasteiger partial charge in [0.1, 0.15) is 12.1 Å². The molecule has 4 nitrogen and oxygen atoms in total. The molecule has 1 saturated heterocycles. The van der Waals surface area contributed by atoms with E-state index in [1.54, 1.807) is 0 Å². The van der Waals surface area contributed by atoms with Crippen LogP contribution in [0.15, 0.2) is 0 Å². The molecule has 19 heavy (non-hydrogen) atoms. The minimum atomic E-state index is -0.315. The van der Waals surface area contributed by atoms with E-state index in [1.807, 2.05) is 11.8 Å². The topological polar surface area (TPSA) is 49.4 Å². The van der Waals surface area contributed by atoms with Gasteiger partial charge in [0.25, 0.3) is 0 Å². The van der Waals surface area contributed by atoms with Gasteiger partial charge in [-0.05, 0) is 31.1 Å². The number of carbonyl (C=O) groups is 2. The summed E-state index contributed by atoms with van der Waals surface area (Å²) in [7, 11) is 0. The highest BCUT2D eigenvalue weighted by Gasteiger charge is 2.43. The fraction of sp³-hybridized carbons (Fsp3) is 0.867. The molecule has 0 spiro atoms. The van der Waals surface area contributed by atoms with Gasteiger partial charge in [-0.2, -0.15) is 0 Å². The molecule has 0 radical (unpaired) electrons. The van der Waals surface area contributed by atoms with Gasteiger partial charge in [-0.15, -0.1) is 0 Å². The van der Waals surface area contributed by atoms with Crippen molar-refractivity contribution in [1.82, 2.24) is 10.2 Å². The molecule has 2 fully saturated rings. The van der Waals surface area contributed by atoms with Crippen LogP contribution in [0.1, 0.15) is 52.9 Å². The molecule has 1 aliphatic heterocycles. The Morgan fingerprint density at radius 3 is 2.53 bits per heavy atom. The van der Waals surface area contributed by atoms with Crippen LogP contribution in [0.2, 0.25) is 0 Å². The van der Waals surface area contributed by atoms with E-state index in [0.29, 0.717) is 5.92 Å². The van der Waals surface area contributed by atoms with Crippen molar-refractivity contribution in [2.45, 2.75) is 65.0 Å². The zero-order valence-electron chi connectivity index (χ0n) is 12.3. The van der Waals surface area contributed by atoms with Gasteiger partial charge in [0.2, 0.25) is 11.8 Å². The highest BCUT2D eigenvalue weighted by Crippen LogP contribution is 2.32. The minimum Gasteiger partial charge on any atom is -0.342 e. The second kappa shape index (κ2) is 5.93. The lowest BCUT2D eigenvalue weighted by Crippen LogP contribution is -2.65. The Kier molecular flexibility index (Phi) is 4.48. The number of nitrogens with one attached hydrogen (secondary N) is 1. The van der Waals surface area contributed by atoms with E-state index in [2.05, 4.69) is 19.2 Å². The Morgan fingerprint density at radius 2 is 2.00 bits per heavy atom. The molecule has 1 N–H and O–H groups in total. The van der Waals surface area contributed by atoms with Gasteiger partial charge in [0.15, 0.2) is 0 Å². The Morgan fingerprint density at radius 1 is 1.32 bits per heavy atom. The summed E-state index contributed by atoms with van der Waals surface area (Å²) in [6.07, 6.45) is 5.03. The lowest BCUT2D eigenvalue weighted by molar-refractivity contribution is -0.151. The molecule has 1 saturated carbocycles. The zero-order valence-corrected chi connectivity index (χ0v) is 12.3. The molecule has 108 valence electrons. The van der Waals surface area contributed by atoms with Crippen molar-refractivity contribution in [1.29, 1.82) is 0 Å². The number of carbonyl (C=O) groups excluding carboxylic acids is 2. The van der Waals surface area contributed by atoms with Crippen molar-refractivity contribution >= 4 is 11.8 Å². The van der Waals surface area contributed by atoms with Crippen LogP contribution in [0.4, 0.5) is 0 Å². The molecule has 1 aliphatic carbocycles. The molecule has 2 amide bonds. The van der Waals surface area contributed by atoms with Crippen molar-refractivity contribution in [2.75, 3.05) is 6.54 Å². The van der Waals surface area contributed by atoms with Crippen LogP contribution >= 0.6 is 0 Å². The maximum atomic E-state index is 12.6. The number of amides is 2. The average molecular weight is 266 g/mol. The Hall–Kier alpha value is -1.06. The maximum absolute atomic E-state index is 12.6. The molecule has 3 atom stereocenters. The molecular formula is C15H26N2O2. The predicted octanol–water partition coefficient (Wildman–Crippen LogP) is 1.94. The summed E-state index contributed by atoms with van der Waals surface area (Å²) in [4.78, 5) is 26.8. The van der Waals surface area contributed by atoms with Crippen molar-refractivity contribution < 1.29 is 9.59 Å². The first kappa shape index (κ1) is 14.4. The fourth-order valence-electron chi connectivity index (χ4n) is 2.76. The molecule has 2 aliphatic rings. The van der Waals surface area contributed by atoms with E-state index in [0.717, 1.165) is 25.8 Å². The third kappa shape index (κ3) is 3.10. The van der Waals surface area contributed by atoms with Gasteiger partial charge in [-0.25, -0.2) is 0 Å². The molecule has 4 heteroatoms. The first-order valence-electron chi connectivity index (χ1n) is 7.69. The highest BCUT2D eigenvalue weighted by molar-refractivity contribution is 5.97. The number of piperazine rings is 1. The summed E-state index contributed by atoms with van der Waals surface area (Å²) in [5.41, 5.74) is 0. The van der Waals surface area contributed by atoms with Crippen molar-refractivity contribution in [3.05, 3.63) is 0 Å². The summed E-state index contributed by atoms with van der Waals surface area (Å²) in [5.74, 6) is 1.03. The van der Waals surface area contributed by atoms with Gasteiger partial charge < -0.3 is 10.2 Å². The van der Waals surface area contributed by atoms with Gasteiger partial charge >= 0.3 is 0 Å². The maximum Gasteiger partial charge on any atom is 0.246 e. The van der Waals surface area contributed by atoms with Crippen LogP contribution in [0, 0.1) is 11.8 Å². The molecule has 0 bridgehead atoms. The van der Waals surface area contributed by atoms with E-state index in [-0.39, 0.29) is 29.8 Å². The molecule has 2 rings (SSSR count). The molecule has 0 aromatic rings. The van der Waals surface area contributed by atoms with Crippen LogP contribution in [-0.2, 0) is 9.59 Å². The summed E-state index contributed by atoms with van der Waals surface area (Å²) in [5, 5.41) is 2.95. The SMILES string of the molecule is CCCC1C(=O)NC(C(C)CC)C(=O)N1CC1CC1. The van der Waals surface area contributed by atoms with Crippen LogP contribution in [-0.4, -0.2) is 35.3 Å². The Labute approximate surface area is 115 Å². The molecule has 1 heterocycles. The first-order valence-corrected chi connectivity index (χ1v) is 7.69. The zero-order chi connectivity index (χ0) is 14.0. The summed E-state index contributed by atoms with van der Waals surface area (Å²) >= 11 is 0. The van der Waals surface area contributed by atoms with E-state index in [1.165, 1.54) is 12.8 Å². The Bertz CT molecular complexity index is 352. The number of hydrogen-bond acceptors (Lipinski definition) is 2. The van der Waals surface area contributed by atoms with Crippen LogP contribution in [0.5, 0.6) is 0 Å². The standard InChI is InChI=1S/C15H26N2O2/c1-4-6-12-14(18)16-13(10(3)5-2)15(19)17(12)9-11-7-8-11/h10-13H,4-9H2,1-3H3,(H,16,18).